The van der Waals surface area contributed by atoms with Crippen LogP contribution in [0.1, 0.15) is 29.3 Å². The first-order chi connectivity index (χ1) is 12.6. The van der Waals surface area contributed by atoms with E-state index in [4.69, 9.17) is 23.2 Å². The van der Waals surface area contributed by atoms with Crippen molar-refractivity contribution in [2.24, 2.45) is 0 Å². The Morgan fingerprint density at radius 1 is 1.33 bits per heavy atom. The topological polar surface area (TPSA) is 89.2 Å². The lowest BCUT2D eigenvalue weighted by Crippen LogP contribution is -2.39. The van der Waals surface area contributed by atoms with Crippen LogP contribution in [-0.2, 0) is 10.0 Å². The van der Waals surface area contributed by atoms with E-state index >= 15 is 0 Å². The number of hydrogen-bond acceptors (Lipinski definition) is 6. The molecule has 1 aliphatic carbocycles. The van der Waals surface area contributed by atoms with Gasteiger partial charge in [0.15, 0.2) is 5.01 Å². The van der Waals surface area contributed by atoms with E-state index in [1.165, 1.54) is 25.5 Å². The molecule has 1 N–H and O–H groups in total. The molecule has 3 aromatic heterocycles. The number of pyridine rings is 1. The molecule has 0 bridgehead atoms. The Labute approximate surface area is 166 Å². The number of sulfonamides is 1. The first-order valence-corrected chi connectivity index (χ1v) is 10.6. The minimum atomic E-state index is -4.01. The Hall–Kier alpha value is -1.40. The molecule has 2 atom stereocenters. The minimum Gasteiger partial charge on any atom is -0.305 e. The fourth-order valence-corrected chi connectivity index (χ4v) is 6.45. The highest BCUT2D eigenvalue weighted by Crippen LogP contribution is 2.68. The van der Waals surface area contributed by atoms with Crippen LogP contribution < -0.4 is 4.72 Å². The van der Waals surface area contributed by atoms with Gasteiger partial charge in [-0.2, -0.15) is 0 Å². The fourth-order valence-electron chi connectivity index (χ4n) is 2.91. The molecule has 1 saturated carbocycles. The maximum Gasteiger partial charge on any atom is 0.291 e. The zero-order chi connectivity index (χ0) is 19.6. The normalized spacial score (nSPS) is 24.6. The Balaban J connectivity index is 1.65. The summed E-state index contributed by atoms with van der Waals surface area (Å²) in [5, 5.41) is 6.77. The lowest BCUT2D eigenvalue weighted by atomic mass is 10.3. The quantitative estimate of drug-likeness (QED) is 0.599. The number of nitrogens with zero attached hydrogens (tertiary/aromatic N) is 4. The number of aromatic nitrogens is 4. The molecular weight excluding hydrogens is 443 g/mol. The van der Waals surface area contributed by atoms with Crippen molar-refractivity contribution < 1.29 is 17.2 Å². The van der Waals surface area contributed by atoms with E-state index in [1.54, 1.807) is 16.7 Å². The molecule has 3 heterocycles. The van der Waals surface area contributed by atoms with Crippen molar-refractivity contribution in [2.75, 3.05) is 0 Å². The molecule has 13 heteroatoms. The molecule has 27 heavy (non-hydrogen) atoms. The van der Waals surface area contributed by atoms with Crippen molar-refractivity contribution >= 4 is 50.1 Å². The van der Waals surface area contributed by atoms with Crippen LogP contribution in [0.5, 0.6) is 0 Å². The Kier molecular flexibility index (Phi) is 4.24. The molecule has 1 fully saturated rings. The van der Waals surface area contributed by atoms with Crippen molar-refractivity contribution in [1.29, 1.82) is 0 Å². The molecule has 0 amide bonds. The highest BCUT2D eigenvalue weighted by molar-refractivity contribution is 7.89. The summed E-state index contributed by atoms with van der Waals surface area (Å²) in [5.74, 6) is -0.815. The molecule has 144 valence electrons. The summed E-state index contributed by atoms with van der Waals surface area (Å²) in [4.78, 5) is 3.91. The number of fused-ring (bicyclic) bond motifs is 1. The maximum absolute atomic E-state index is 12.8. The fraction of sp³-hybridized carbons (Fsp3) is 0.357. The lowest BCUT2D eigenvalue weighted by Gasteiger charge is -2.15. The van der Waals surface area contributed by atoms with Crippen LogP contribution in [0.2, 0.25) is 0 Å². The van der Waals surface area contributed by atoms with Crippen LogP contribution in [0, 0.1) is 0 Å². The largest absolute Gasteiger partial charge is 0.305 e. The summed E-state index contributed by atoms with van der Waals surface area (Å²) in [5.41, 5.74) is -0.612. The lowest BCUT2D eigenvalue weighted by molar-refractivity contribution is 0.150. The van der Waals surface area contributed by atoms with E-state index in [2.05, 4.69) is 19.9 Å². The summed E-state index contributed by atoms with van der Waals surface area (Å²) in [6.07, 6.45) is 1.67. The number of rotatable bonds is 5. The van der Waals surface area contributed by atoms with Gasteiger partial charge in [-0.25, -0.2) is 26.9 Å². The summed E-state index contributed by atoms with van der Waals surface area (Å²) >= 11 is 13.2. The Morgan fingerprint density at radius 2 is 2.07 bits per heavy atom. The van der Waals surface area contributed by atoms with Crippen LogP contribution in [0.4, 0.5) is 8.78 Å². The van der Waals surface area contributed by atoms with Crippen molar-refractivity contribution in [3.05, 3.63) is 40.9 Å². The molecule has 2 unspecified atom stereocenters. The van der Waals surface area contributed by atoms with Crippen LogP contribution in [0.25, 0.3) is 5.52 Å². The summed E-state index contributed by atoms with van der Waals surface area (Å²) < 4.78 is 53.6. The average molecular weight is 454 g/mol. The summed E-state index contributed by atoms with van der Waals surface area (Å²) in [6, 6.07) is 3.02. The monoisotopic (exact) mass is 453 g/mol. The maximum atomic E-state index is 12.8. The summed E-state index contributed by atoms with van der Waals surface area (Å²) in [7, 11) is -4.01. The predicted octanol–water partition coefficient (Wildman–Crippen LogP) is 3.13. The van der Waals surface area contributed by atoms with Crippen molar-refractivity contribution in [3.63, 3.8) is 0 Å². The Morgan fingerprint density at radius 3 is 2.74 bits per heavy atom. The van der Waals surface area contributed by atoms with Gasteiger partial charge in [0.05, 0.1) is 34.4 Å². The molecule has 0 spiro atoms. The van der Waals surface area contributed by atoms with Gasteiger partial charge in [0.2, 0.25) is 10.0 Å². The van der Waals surface area contributed by atoms with Crippen LogP contribution in [0.15, 0.2) is 35.7 Å². The molecule has 0 aliphatic heterocycles. The second-order valence-electron chi connectivity index (χ2n) is 6.23. The van der Waals surface area contributed by atoms with Gasteiger partial charge < -0.3 is 4.40 Å². The third-order valence-electron chi connectivity index (χ3n) is 4.48. The smallest absolute Gasteiger partial charge is 0.291 e. The van der Waals surface area contributed by atoms with Gasteiger partial charge in [-0.05, 0) is 19.1 Å². The number of alkyl halides is 4. The van der Waals surface area contributed by atoms with Crippen molar-refractivity contribution in [2.45, 2.75) is 34.0 Å². The average Bonchev–Trinajstić information content (AvgIpc) is 3.07. The molecular formula is C14H11Cl2F2N5O2S2. The van der Waals surface area contributed by atoms with E-state index in [-0.39, 0.29) is 9.90 Å². The molecule has 4 rings (SSSR count). The Bertz CT molecular complexity index is 1130. The van der Waals surface area contributed by atoms with Gasteiger partial charge in [-0.3, -0.25) is 0 Å². The van der Waals surface area contributed by atoms with Gasteiger partial charge in [0, 0.05) is 6.20 Å². The highest BCUT2D eigenvalue weighted by atomic mass is 35.5. The third-order valence-corrected chi connectivity index (χ3v) is 8.25. The molecule has 7 nitrogen and oxygen atoms in total. The number of halogens is 4. The molecule has 0 aromatic carbocycles. The highest BCUT2D eigenvalue weighted by Gasteiger charge is 2.76. The van der Waals surface area contributed by atoms with E-state index in [0.717, 1.165) is 5.52 Å². The first-order valence-electron chi connectivity index (χ1n) is 7.51. The van der Waals surface area contributed by atoms with Crippen LogP contribution >= 0.6 is 34.5 Å². The van der Waals surface area contributed by atoms with E-state index < -0.39 is 37.2 Å². The summed E-state index contributed by atoms with van der Waals surface area (Å²) in [6.45, 7) is 1.49. The van der Waals surface area contributed by atoms with E-state index in [0.29, 0.717) is 11.3 Å². The standard InChI is InChI=1S/C14H11Cl2F2N5O2S2/c1-13(9(14(13,15)16)11-20-21-12(26-11)10(17)18)22-27(24,25)8-3-2-7-4-19-6-23(7)5-8/h2-6,9-10,22H,1H3. The van der Waals surface area contributed by atoms with Crippen LogP contribution in [0.3, 0.4) is 0 Å². The molecule has 0 saturated heterocycles. The van der Waals surface area contributed by atoms with Crippen molar-refractivity contribution in [3.8, 4) is 0 Å². The number of imidazole rings is 1. The predicted molar refractivity (Wildman–Crippen MR) is 96.0 cm³/mol. The zero-order valence-corrected chi connectivity index (χ0v) is 16.6. The van der Waals surface area contributed by atoms with Gasteiger partial charge in [-0.1, -0.05) is 34.5 Å². The minimum absolute atomic E-state index is 0.0189. The van der Waals surface area contributed by atoms with Gasteiger partial charge in [0.1, 0.15) is 9.34 Å². The van der Waals surface area contributed by atoms with Crippen LogP contribution in [-0.4, -0.2) is 37.9 Å². The van der Waals surface area contributed by atoms with Gasteiger partial charge in [0.25, 0.3) is 6.43 Å². The SMILES string of the molecule is CC1(NS(=O)(=O)c2ccc3cncn3c2)C(c2nnc(C(F)F)s2)C1(Cl)Cl. The van der Waals surface area contributed by atoms with Crippen molar-refractivity contribution in [1.82, 2.24) is 24.3 Å². The van der Waals surface area contributed by atoms with Gasteiger partial charge >= 0.3 is 0 Å². The third kappa shape index (κ3) is 2.92. The second-order valence-corrected chi connectivity index (χ2v) is 10.3. The first kappa shape index (κ1) is 18.9. The zero-order valence-electron chi connectivity index (χ0n) is 13.5. The van der Waals surface area contributed by atoms with E-state index in [9.17, 15) is 17.2 Å². The van der Waals surface area contributed by atoms with E-state index in [1.807, 2.05) is 0 Å². The number of nitrogens with one attached hydrogen (secondary N) is 1. The second kappa shape index (κ2) is 6.05. The van der Waals surface area contributed by atoms with Gasteiger partial charge in [-0.15, -0.1) is 10.2 Å². The number of hydrogen-bond donors (Lipinski definition) is 1. The molecule has 0 radical (unpaired) electrons. The molecule has 3 aromatic rings. The molecule has 1 aliphatic rings.